The minimum Gasteiger partial charge on any atom is -0.378 e. The normalized spacial score (nSPS) is 12.0. The summed E-state index contributed by atoms with van der Waals surface area (Å²) in [5, 5.41) is 16.6. The maximum absolute atomic E-state index is 11.5. The van der Waals surface area contributed by atoms with Gasteiger partial charge in [-0.25, -0.2) is 8.42 Å². The van der Waals surface area contributed by atoms with Gasteiger partial charge in [0.05, 0.1) is 9.82 Å². The average Bonchev–Trinajstić information content (AvgIpc) is 2.48. The number of nitrogens with one attached hydrogen (secondary N) is 2. The van der Waals surface area contributed by atoms with E-state index in [-0.39, 0.29) is 53.7 Å². The van der Waals surface area contributed by atoms with Crippen LogP contribution < -0.4 is 16.4 Å². The third-order valence-corrected chi connectivity index (χ3v) is 4.29. The van der Waals surface area contributed by atoms with Crippen molar-refractivity contribution in [2.75, 3.05) is 24.7 Å². The number of hydrogen-bond donors (Lipinski definition) is 3. The minimum absolute atomic E-state index is 0. The van der Waals surface area contributed by atoms with Crippen LogP contribution in [0.1, 0.15) is 19.8 Å². The van der Waals surface area contributed by atoms with Gasteiger partial charge in [0.15, 0.2) is 9.84 Å². The van der Waals surface area contributed by atoms with Crippen molar-refractivity contribution in [2.45, 2.75) is 30.7 Å². The van der Waals surface area contributed by atoms with Gasteiger partial charge in [-0.3, -0.25) is 14.9 Å². The molecule has 0 heterocycles. The van der Waals surface area contributed by atoms with Gasteiger partial charge < -0.3 is 16.4 Å². The highest BCUT2D eigenvalue weighted by Gasteiger charge is 2.18. The fourth-order valence-corrected chi connectivity index (χ4v) is 2.53. The van der Waals surface area contributed by atoms with Crippen molar-refractivity contribution in [2.24, 2.45) is 5.73 Å². The highest BCUT2D eigenvalue weighted by Crippen LogP contribution is 2.27. The molecule has 0 aliphatic carbocycles. The number of benzene rings is 1. The third kappa shape index (κ3) is 8.14. The van der Waals surface area contributed by atoms with E-state index in [1.54, 1.807) is 0 Å². The molecular formula is C14H23ClN4O5S. The number of halogens is 1. The first-order valence-corrected chi connectivity index (χ1v) is 9.25. The predicted octanol–water partition coefficient (Wildman–Crippen LogP) is 1.08. The van der Waals surface area contributed by atoms with E-state index in [0.717, 1.165) is 12.3 Å². The molecule has 1 atom stereocenters. The summed E-state index contributed by atoms with van der Waals surface area (Å²) in [6.07, 6.45) is 1.88. The lowest BCUT2D eigenvalue weighted by Gasteiger charge is -2.10. The quantitative estimate of drug-likeness (QED) is 0.322. The van der Waals surface area contributed by atoms with E-state index in [1.165, 1.54) is 12.1 Å². The highest BCUT2D eigenvalue weighted by molar-refractivity contribution is 7.90. The van der Waals surface area contributed by atoms with E-state index in [9.17, 15) is 23.3 Å². The number of nitro benzene ring substituents is 1. The Hall–Kier alpha value is -1.91. The highest BCUT2D eigenvalue weighted by atomic mass is 35.5. The molecule has 0 aromatic heterocycles. The zero-order chi connectivity index (χ0) is 18.3. The molecule has 0 fully saturated rings. The van der Waals surface area contributed by atoms with Crippen LogP contribution in [0.15, 0.2) is 23.1 Å². The molecule has 0 radical (unpaired) electrons. The SMILES string of the molecule is CC(N)CCC(=O)NCCNc1ccc(S(C)(=O)=O)cc1[N+](=O)[O-].Cl. The Bertz CT molecular complexity index is 709. The van der Waals surface area contributed by atoms with Crippen LogP contribution in [0, 0.1) is 10.1 Å². The number of carbonyl (C=O) groups is 1. The van der Waals surface area contributed by atoms with E-state index >= 15 is 0 Å². The first kappa shape index (κ1) is 23.1. The first-order chi connectivity index (χ1) is 11.1. The summed E-state index contributed by atoms with van der Waals surface area (Å²) in [6, 6.07) is 3.60. The largest absolute Gasteiger partial charge is 0.378 e. The minimum atomic E-state index is -3.52. The summed E-state index contributed by atoms with van der Waals surface area (Å²) in [5.41, 5.74) is 5.42. The van der Waals surface area contributed by atoms with Crippen LogP contribution in [0.2, 0.25) is 0 Å². The van der Waals surface area contributed by atoms with Crippen molar-refractivity contribution in [1.29, 1.82) is 0 Å². The van der Waals surface area contributed by atoms with Gasteiger partial charge in [-0.05, 0) is 25.5 Å². The monoisotopic (exact) mass is 394 g/mol. The van der Waals surface area contributed by atoms with Crippen molar-refractivity contribution < 1.29 is 18.1 Å². The number of amides is 1. The van der Waals surface area contributed by atoms with Gasteiger partial charge in [-0.15, -0.1) is 12.4 Å². The molecule has 1 rings (SSSR count). The number of nitrogens with two attached hydrogens (primary N) is 1. The van der Waals surface area contributed by atoms with Crippen LogP contribution in [0.4, 0.5) is 11.4 Å². The molecule has 0 saturated heterocycles. The summed E-state index contributed by atoms with van der Waals surface area (Å²) >= 11 is 0. The summed E-state index contributed by atoms with van der Waals surface area (Å²) in [6.45, 7) is 2.36. The van der Waals surface area contributed by atoms with Gasteiger partial charge >= 0.3 is 0 Å². The molecule has 11 heteroatoms. The Balaban J connectivity index is 0.00000576. The van der Waals surface area contributed by atoms with Crippen LogP contribution in [0.5, 0.6) is 0 Å². The van der Waals surface area contributed by atoms with E-state index in [1.807, 2.05) is 6.92 Å². The van der Waals surface area contributed by atoms with E-state index < -0.39 is 14.8 Å². The van der Waals surface area contributed by atoms with E-state index in [4.69, 9.17) is 5.73 Å². The molecule has 1 aromatic rings. The number of nitrogens with zero attached hydrogens (tertiary/aromatic N) is 1. The number of carbonyl (C=O) groups excluding carboxylic acids is 1. The second kappa shape index (κ2) is 10.2. The van der Waals surface area contributed by atoms with Gasteiger partial charge in [0.25, 0.3) is 5.69 Å². The summed E-state index contributed by atoms with van der Waals surface area (Å²) < 4.78 is 22.9. The molecule has 1 unspecified atom stereocenters. The smallest absolute Gasteiger partial charge is 0.293 e. The topological polar surface area (TPSA) is 144 Å². The maximum Gasteiger partial charge on any atom is 0.293 e. The molecule has 0 spiro atoms. The number of nitro groups is 1. The molecule has 0 bridgehead atoms. The van der Waals surface area contributed by atoms with Crippen LogP contribution in [-0.2, 0) is 14.6 Å². The zero-order valence-corrected chi connectivity index (χ0v) is 15.7. The lowest BCUT2D eigenvalue weighted by atomic mass is 10.2. The standard InChI is InChI=1S/C14H22N4O5S.ClH/c1-10(15)3-6-14(19)17-8-7-16-12-5-4-11(24(2,22)23)9-13(12)18(20)21;/h4-5,9-10,16H,3,6-8,15H2,1-2H3,(H,17,19);1H. The van der Waals surface area contributed by atoms with Crippen molar-refractivity contribution >= 4 is 39.5 Å². The molecule has 4 N–H and O–H groups in total. The Kier molecular flexibility index (Phi) is 9.39. The van der Waals surface area contributed by atoms with Crippen LogP contribution in [0.3, 0.4) is 0 Å². The number of hydrogen-bond acceptors (Lipinski definition) is 7. The summed E-state index contributed by atoms with van der Waals surface area (Å²) in [7, 11) is -3.52. The lowest BCUT2D eigenvalue weighted by Crippen LogP contribution is -2.30. The zero-order valence-electron chi connectivity index (χ0n) is 14.0. The van der Waals surface area contributed by atoms with Crippen LogP contribution in [-0.4, -0.2) is 44.6 Å². The van der Waals surface area contributed by atoms with Gasteiger partial charge in [-0.1, -0.05) is 0 Å². The Morgan fingerprint density at radius 2 is 2.00 bits per heavy atom. The lowest BCUT2D eigenvalue weighted by molar-refractivity contribution is -0.384. The summed E-state index contributed by atoms with van der Waals surface area (Å²) in [4.78, 5) is 21.8. The Morgan fingerprint density at radius 1 is 1.36 bits per heavy atom. The molecule has 9 nitrogen and oxygen atoms in total. The van der Waals surface area contributed by atoms with E-state index in [2.05, 4.69) is 10.6 Å². The average molecular weight is 395 g/mol. The van der Waals surface area contributed by atoms with Crippen molar-refractivity contribution in [3.63, 3.8) is 0 Å². The van der Waals surface area contributed by atoms with Crippen molar-refractivity contribution in [3.05, 3.63) is 28.3 Å². The fourth-order valence-electron chi connectivity index (χ4n) is 1.89. The maximum atomic E-state index is 11.5. The van der Waals surface area contributed by atoms with Crippen LogP contribution in [0.25, 0.3) is 0 Å². The number of sulfone groups is 1. The first-order valence-electron chi connectivity index (χ1n) is 7.36. The van der Waals surface area contributed by atoms with Crippen molar-refractivity contribution in [1.82, 2.24) is 5.32 Å². The van der Waals surface area contributed by atoms with Gasteiger partial charge in [0.1, 0.15) is 5.69 Å². The summed E-state index contributed by atoms with van der Waals surface area (Å²) in [5.74, 6) is -0.143. The molecule has 1 aromatic carbocycles. The van der Waals surface area contributed by atoms with Crippen molar-refractivity contribution in [3.8, 4) is 0 Å². The van der Waals surface area contributed by atoms with Gasteiger partial charge in [-0.2, -0.15) is 0 Å². The Labute approximate surface area is 152 Å². The molecule has 1 amide bonds. The molecule has 0 saturated carbocycles. The van der Waals surface area contributed by atoms with Crippen LogP contribution >= 0.6 is 12.4 Å². The second-order valence-electron chi connectivity index (χ2n) is 5.50. The fraction of sp³-hybridized carbons (Fsp3) is 0.500. The number of anilines is 1. The second-order valence-corrected chi connectivity index (χ2v) is 7.52. The predicted molar refractivity (Wildman–Crippen MR) is 97.8 cm³/mol. The van der Waals surface area contributed by atoms with E-state index in [0.29, 0.717) is 12.8 Å². The molecule has 0 aliphatic heterocycles. The van der Waals surface area contributed by atoms with Gasteiger partial charge in [0, 0.05) is 37.9 Å². The third-order valence-electron chi connectivity index (χ3n) is 3.18. The number of rotatable bonds is 9. The molecule has 0 aliphatic rings. The molecule has 142 valence electrons. The van der Waals surface area contributed by atoms with Gasteiger partial charge in [0.2, 0.25) is 5.91 Å². The molecule has 25 heavy (non-hydrogen) atoms. The molecular weight excluding hydrogens is 372 g/mol. The Morgan fingerprint density at radius 3 is 2.52 bits per heavy atom.